The maximum absolute atomic E-state index is 3.70. The van der Waals surface area contributed by atoms with Crippen molar-refractivity contribution >= 4 is 11.3 Å². The van der Waals surface area contributed by atoms with Crippen LogP contribution in [0.3, 0.4) is 0 Å². The minimum atomic E-state index is 0.330. The Morgan fingerprint density at radius 1 is 1.05 bits per heavy atom. The van der Waals surface area contributed by atoms with E-state index in [1.807, 2.05) is 11.3 Å². The van der Waals surface area contributed by atoms with Gasteiger partial charge in [-0.1, -0.05) is 45.0 Å². The maximum atomic E-state index is 3.70. The van der Waals surface area contributed by atoms with Crippen LogP contribution in [0.1, 0.15) is 67.1 Å². The van der Waals surface area contributed by atoms with Crippen LogP contribution in [0.4, 0.5) is 0 Å². The van der Waals surface area contributed by atoms with E-state index in [2.05, 4.69) is 68.7 Å². The van der Waals surface area contributed by atoms with Crippen LogP contribution in [0.15, 0.2) is 35.7 Å². The molecule has 0 aliphatic heterocycles. The number of nitrogens with one attached hydrogen (secondary N) is 1. The van der Waals surface area contributed by atoms with Crippen LogP contribution in [0.25, 0.3) is 0 Å². The fourth-order valence-corrected chi connectivity index (χ4v) is 3.61. The zero-order chi connectivity index (χ0) is 15.2. The minimum Gasteiger partial charge on any atom is -0.306 e. The van der Waals surface area contributed by atoms with Crippen LogP contribution in [0.5, 0.6) is 0 Å². The second-order valence-corrected chi connectivity index (χ2v) is 6.78. The lowest BCUT2D eigenvalue weighted by Crippen LogP contribution is -2.23. The summed E-state index contributed by atoms with van der Waals surface area (Å²) in [5.74, 6) is 0.643. The standard InChI is InChI=1S/C19H27NS/c1-5-12-20-18(19-15(4)11-13-21-19)17-9-7-16(8-10-17)14(3)6-2/h7-11,13-14,18,20H,5-6,12H2,1-4H3. The molecule has 0 fully saturated rings. The smallest absolute Gasteiger partial charge is 0.0673 e. The van der Waals surface area contributed by atoms with Gasteiger partial charge in [-0.25, -0.2) is 0 Å². The highest BCUT2D eigenvalue weighted by atomic mass is 32.1. The molecule has 0 radical (unpaired) electrons. The van der Waals surface area contributed by atoms with Crippen molar-refractivity contribution in [1.82, 2.24) is 5.32 Å². The van der Waals surface area contributed by atoms with Crippen molar-refractivity contribution in [3.8, 4) is 0 Å². The van der Waals surface area contributed by atoms with Gasteiger partial charge in [-0.2, -0.15) is 0 Å². The second-order valence-electron chi connectivity index (χ2n) is 5.83. The molecule has 0 amide bonds. The molecule has 2 rings (SSSR count). The third-order valence-corrected chi connectivity index (χ3v) is 5.30. The predicted molar refractivity (Wildman–Crippen MR) is 94.3 cm³/mol. The van der Waals surface area contributed by atoms with Crippen molar-refractivity contribution in [2.45, 2.75) is 52.5 Å². The largest absolute Gasteiger partial charge is 0.306 e. The van der Waals surface area contributed by atoms with Crippen molar-refractivity contribution in [2.24, 2.45) is 0 Å². The maximum Gasteiger partial charge on any atom is 0.0673 e. The summed E-state index contributed by atoms with van der Waals surface area (Å²) in [6.07, 6.45) is 2.35. The molecule has 2 atom stereocenters. The summed E-state index contributed by atoms with van der Waals surface area (Å²) >= 11 is 1.86. The molecular weight excluding hydrogens is 274 g/mol. The first-order valence-corrected chi connectivity index (χ1v) is 8.92. The van der Waals surface area contributed by atoms with Crippen LogP contribution < -0.4 is 5.32 Å². The Morgan fingerprint density at radius 2 is 1.71 bits per heavy atom. The average Bonchev–Trinajstić information content (AvgIpc) is 2.94. The van der Waals surface area contributed by atoms with Gasteiger partial charge in [0, 0.05) is 4.88 Å². The minimum absolute atomic E-state index is 0.330. The normalized spacial score (nSPS) is 14.1. The van der Waals surface area contributed by atoms with Gasteiger partial charge < -0.3 is 5.32 Å². The van der Waals surface area contributed by atoms with Gasteiger partial charge in [0.1, 0.15) is 0 Å². The van der Waals surface area contributed by atoms with E-state index in [1.54, 1.807) is 0 Å². The summed E-state index contributed by atoms with van der Waals surface area (Å²) < 4.78 is 0. The quantitative estimate of drug-likeness (QED) is 0.696. The Bertz CT molecular complexity index is 541. The second kappa shape index (κ2) is 7.77. The number of thiophene rings is 1. The van der Waals surface area contributed by atoms with Crippen LogP contribution in [0.2, 0.25) is 0 Å². The fraction of sp³-hybridized carbons (Fsp3) is 0.474. The summed E-state index contributed by atoms with van der Waals surface area (Å²) in [7, 11) is 0. The van der Waals surface area contributed by atoms with E-state index in [0.717, 1.165) is 13.0 Å². The summed E-state index contributed by atoms with van der Waals surface area (Å²) in [5, 5.41) is 5.90. The zero-order valence-electron chi connectivity index (χ0n) is 13.6. The summed E-state index contributed by atoms with van der Waals surface area (Å²) in [4.78, 5) is 1.44. The fourth-order valence-electron chi connectivity index (χ4n) is 2.58. The third-order valence-electron chi connectivity index (χ3n) is 4.21. The molecule has 1 nitrogen and oxygen atoms in total. The first kappa shape index (κ1) is 16.3. The van der Waals surface area contributed by atoms with Gasteiger partial charge in [-0.3, -0.25) is 0 Å². The van der Waals surface area contributed by atoms with E-state index in [1.165, 1.54) is 28.0 Å². The number of aryl methyl sites for hydroxylation is 1. The van der Waals surface area contributed by atoms with E-state index >= 15 is 0 Å². The molecular formula is C19H27NS. The van der Waals surface area contributed by atoms with Gasteiger partial charge in [0.2, 0.25) is 0 Å². The molecule has 0 aliphatic rings. The summed E-state index contributed by atoms with van der Waals surface area (Å²) in [6.45, 7) is 10.0. The van der Waals surface area contributed by atoms with Crippen molar-refractivity contribution < 1.29 is 0 Å². The highest BCUT2D eigenvalue weighted by Crippen LogP contribution is 2.30. The van der Waals surface area contributed by atoms with Crippen molar-refractivity contribution in [2.75, 3.05) is 6.54 Å². The van der Waals surface area contributed by atoms with Crippen LogP contribution in [0, 0.1) is 6.92 Å². The third kappa shape index (κ3) is 3.96. The van der Waals surface area contributed by atoms with Gasteiger partial charge in [-0.05, 0) is 60.4 Å². The molecule has 0 saturated heterocycles. The summed E-state index contributed by atoms with van der Waals surface area (Å²) in [5.41, 5.74) is 4.21. The Hall–Kier alpha value is -1.12. The Morgan fingerprint density at radius 3 is 2.24 bits per heavy atom. The molecule has 0 spiro atoms. The lowest BCUT2D eigenvalue weighted by molar-refractivity contribution is 0.603. The molecule has 0 bridgehead atoms. The van der Waals surface area contributed by atoms with Gasteiger partial charge in [0.05, 0.1) is 6.04 Å². The van der Waals surface area contributed by atoms with Crippen molar-refractivity contribution in [3.05, 3.63) is 57.3 Å². The molecule has 2 unspecified atom stereocenters. The zero-order valence-corrected chi connectivity index (χ0v) is 14.5. The lowest BCUT2D eigenvalue weighted by atomic mass is 9.95. The van der Waals surface area contributed by atoms with Crippen LogP contribution in [-0.2, 0) is 0 Å². The van der Waals surface area contributed by atoms with Gasteiger partial charge in [0.15, 0.2) is 0 Å². The molecule has 1 N–H and O–H groups in total. The highest BCUT2D eigenvalue weighted by Gasteiger charge is 2.17. The molecule has 2 heteroatoms. The topological polar surface area (TPSA) is 12.0 Å². The molecule has 2 aromatic rings. The van der Waals surface area contributed by atoms with Crippen molar-refractivity contribution in [3.63, 3.8) is 0 Å². The molecule has 1 heterocycles. The molecule has 114 valence electrons. The Labute approximate surface area is 133 Å². The van der Waals surface area contributed by atoms with E-state index < -0.39 is 0 Å². The first-order valence-electron chi connectivity index (χ1n) is 8.04. The number of hydrogen-bond donors (Lipinski definition) is 1. The molecule has 1 aromatic carbocycles. The Balaban J connectivity index is 2.26. The SMILES string of the molecule is CCCNC(c1ccc(C(C)CC)cc1)c1sccc1C. The molecule has 0 aliphatic carbocycles. The Kier molecular flexibility index (Phi) is 6.01. The van der Waals surface area contributed by atoms with Gasteiger partial charge >= 0.3 is 0 Å². The molecule has 0 saturated carbocycles. The van der Waals surface area contributed by atoms with Crippen LogP contribution in [-0.4, -0.2) is 6.54 Å². The highest BCUT2D eigenvalue weighted by molar-refractivity contribution is 7.10. The molecule has 1 aromatic heterocycles. The van der Waals surface area contributed by atoms with E-state index in [0.29, 0.717) is 12.0 Å². The first-order chi connectivity index (χ1) is 10.2. The van der Waals surface area contributed by atoms with E-state index in [4.69, 9.17) is 0 Å². The lowest BCUT2D eigenvalue weighted by Gasteiger charge is -2.20. The summed E-state index contributed by atoms with van der Waals surface area (Å²) in [6, 6.07) is 11.7. The number of hydrogen-bond acceptors (Lipinski definition) is 2. The number of rotatable bonds is 7. The van der Waals surface area contributed by atoms with Crippen LogP contribution >= 0.6 is 11.3 Å². The van der Waals surface area contributed by atoms with Gasteiger partial charge in [0.25, 0.3) is 0 Å². The monoisotopic (exact) mass is 301 g/mol. The molecule has 21 heavy (non-hydrogen) atoms. The average molecular weight is 301 g/mol. The van der Waals surface area contributed by atoms with Crippen molar-refractivity contribution in [1.29, 1.82) is 0 Å². The van der Waals surface area contributed by atoms with Gasteiger partial charge in [-0.15, -0.1) is 11.3 Å². The van der Waals surface area contributed by atoms with E-state index in [-0.39, 0.29) is 0 Å². The number of benzene rings is 1. The predicted octanol–water partition coefficient (Wildman–Crippen LogP) is 5.66. The van der Waals surface area contributed by atoms with E-state index in [9.17, 15) is 0 Å².